The molecule has 1 radical (unpaired) electrons. The molecule has 3 unspecified atom stereocenters. The fourth-order valence-electron chi connectivity index (χ4n) is 1.72. The van der Waals surface area contributed by atoms with Crippen molar-refractivity contribution in [1.29, 1.82) is 0 Å². The zero-order valence-electron chi connectivity index (χ0n) is 10.3. The van der Waals surface area contributed by atoms with Crippen molar-refractivity contribution in [1.82, 2.24) is 5.06 Å². The van der Waals surface area contributed by atoms with Gasteiger partial charge < -0.3 is 0 Å². The van der Waals surface area contributed by atoms with E-state index in [4.69, 9.17) is 14.7 Å². The Hall–Kier alpha value is -0.116. The van der Waals surface area contributed by atoms with Gasteiger partial charge in [-0.05, 0) is 18.4 Å². The van der Waals surface area contributed by atoms with Gasteiger partial charge in [-0.25, -0.2) is 14.0 Å². The molecule has 0 saturated carbocycles. The van der Waals surface area contributed by atoms with E-state index in [9.17, 15) is 4.21 Å². The van der Waals surface area contributed by atoms with Crippen LogP contribution in [-0.2, 0) is 43.7 Å². The summed E-state index contributed by atoms with van der Waals surface area (Å²) < 4.78 is 16.2. The molecule has 1 rings (SSSR count). The molecule has 1 fully saturated rings. The van der Waals surface area contributed by atoms with Crippen molar-refractivity contribution >= 4 is 11.1 Å². The maximum atomic E-state index is 11.0. The molecule has 0 aromatic heterocycles. The summed E-state index contributed by atoms with van der Waals surface area (Å²) in [5, 5.41) is 5.28. The Kier molecular flexibility index (Phi) is 9.70. The minimum Gasteiger partial charge on any atom is -0.240 e. The van der Waals surface area contributed by atoms with Crippen LogP contribution in [0.1, 0.15) is 12.8 Å². The van der Waals surface area contributed by atoms with E-state index >= 15 is 0 Å². The predicted molar refractivity (Wildman–Crippen MR) is 60.8 cm³/mol. The summed E-state index contributed by atoms with van der Waals surface area (Å²) in [6, 6.07) is -0.223. The largest absolute Gasteiger partial charge is 0.240 e. The summed E-state index contributed by atoms with van der Waals surface area (Å²) in [5.41, 5.74) is 8.40. The molecule has 0 aliphatic carbocycles. The quantitative estimate of drug-likeness (QED) is 0.239. The first-order chi connectivity index (χ1) is 8.17. The molecule has 0 spiro atoms. The summed E-state index contributed by atoms with van der Waals surface area (Å²) in [6.07, 6.45) is 2.71. The molecule has 0 amide bonds. The van der Waals surface area contributed by atoms with Crippen LogP contribution in [-0.4, -0.2) is 47.9 Å². The second-order valence-corrected chi connectivity index (χ2v) is 4.56. The predicted octanol–water partition coefficient (Wildman–Crippen LogP) is 0.930. The fraction of sp³-hybridized carbons (Fsp3) is 1.00. The van der Waals surface area contributed by atoms with Gasteiger partial charge in [0.1, 0.15) is 6.61 Å². The first kappa shape index (κ1) is 17.9. The van der Waals surface area contributed by atoms with Gasteiger partial charge in [0.05, 0.1) is 13.2 Å². The van der Waals surface area contributed by atoms with E-state index in [1.54, 1.807) is 5.06 Å². The van der Waals surface area contributed by atoms with Crippen molar-refractivity contribution < 1.29 is 36.8 Å². The minimum atomic E-state index is -1.38. The molecule has 103 valence electrons. The number of rotatable bonds is 6. The molecule has 1 aliphatic rings. The number of piperidine rings is 1. The van der Waals surface area contributed by atoms with Gasteiger partial charge in [0, 0.05) is 42.3 Å². The molecule has 1 saturated heterocycles. The smallest absolute Gasteiger partial charge is 0.170 e. The van der Waals surface area contributed by atoms with Crippen molar-refractivity contribution in [3.63, 3.8) is 0 Å². The topological polar surface area (TPSA) is 96.8 Å². The number of azide groups is 1. The third-order valence-corrected chi connectivity index (χ3v) is 2.83. The Morgan fingerprint density at radius 2 is 2.33 bits per heavy atom. The van der Waals surface area contributed by atoms with Crippen LogP contribution in [0, 0.1) is 0 Å². The summed E-state index contributed by atoms with van der Waals surface area (Å²) in [7, 11) is 1.41. The Bertz CT molecular complexity index is 315. The van der Waals surface area contributed by atoms with Crippen LogP contribution in [0.25, 0.3) is 10.4 Å². The Balaban J connectivity index is 0.00000289. The van der Waals surface area contributed by atoms with Crippen LogP contribution in [0.5, 0.6) is 0 Å². The van der Waals surface area contributed by atoms with Crippen LogP contribution in [0.15, 0.2) is 5.11 Å². The van der Waals surface area contributed by atoms with Crippen molar-refractivity contribution in [3.05, 3.63) is 10.4 Å². The van der Waals surface area contributed by atoms with Crippen LogP contribution < -0.4 is 0 Å². The number of hydroxylamine groups is 2. The van der Waals surface area contributed by atoms with E-state index < -0.39 is 11.1 Å². The molecule has 1 heterocycles. The normalized spacial score (nSPS) is 25.9. The van der Waals surface area contributed by atoms with E-state index in [1.807, 2.05) is 0 Å². The van der Waals surface area contributed by atoms with Gasteiger partial charge in [-0.3, -0.25) is 0 Å². The first-order valence-corrected chi connectivity index (χ1v) is 6.64. The molecule has 0 N–H and O–H groups in total. The standard InChI is InChI=1S/C8H16N4O4S.V/c1-14-15-6-8-5-7(10-11-9)3-4-12(8)16-17(2)13;/h7-8H,3-6H2,1-2H3;. The Morgan fingerprint density at radius 1 is 1.61 bits per heavy atom. The molecular formula is C8H16N4O4SV. The molecule has 0 aromatic carbocycles. The van der Waals surface area contributed by atoms with Gasteiger partial charge in [-0.15, -0.1) is 0 Å². The molecule has 0 bridgehead atoms. The molecule has 8 nitrogen and oxygen atoms in total. The maximum Gasteiger partial charge on any atom is 0.170 e. The van der Waals surface area contributed by atoms with Gasteiger partial charge >= 0.3 is 0 Å². The van der Waals surface area contributed by atoms with Crippen LogP contribution in [0.3, 0.4) is 0 Å². The van der Waals surface area contributed by atoms with Crippen molar-refractivity contribution in [2.45, 2.75) is 24.9 Å². The van der Waals surface area contributed by atoms with Gasteiger partial charge in [0.15, 0.2) is 11.1 Å². The molecule has 18 heavy (non-hydrogen) atoms. The SMILES string of the molecule is COOCC1CC(N=[N+]=[N-])CCN1OS(C)=O.[V]. The zero-order valence-corrected chi connectivity index (χ0v) is 12.5. The van der Waals surface area contributed by atoms with Crippen molar-refractivity contribution in [2.75, 3.05) is 26.5 Å². The molecule has 0 aromatic rings. The van der Waals surface area contributed by atoms with Crippen molar-refractivity contribution in [3.8, 4) is 0 Å². The zero-order chi connectivity index (χ0) is 12.7. The van der Waals surface area contributed by atoms with E-state index in [0.29, 0.717) is 19.4 Å². The van der Waals surface area contributed by atoms with E-state index in [-0.39, 0.29) is 37.2 Å². The summed E-state index contributed by atoms with van der Waals surface area (Å²) in [5.74, 6) is 0. The number of nitrogens with zero attached hydrogens (tertiary/aromatic N) is 4. The molecular weight excluding hydrogens is 299 g/mol. The van der Waals surface area contributed by atoms with E-state index in [0.717, 1.165) is 0 Å². The molecule has 10 heteroatoms. The van der Waals surface area contributed by atoms with Crippen LogP contribution in [0.2, 0.25) is 0 Å². The summed E-state index contributed by atoms with van der Waals surface area (Å²) in [6.45, 7) is 0.812. The van der Waals surface area contributed by atoms with Gasteiger partial charge in [0.25, 0.3) is 0 Å². The third kappa shape index (κ3) is 6.17. The first-order valence-electron chi connectivity index (χ1n) is 5.15. The van der Waals surface area contributed by atoms with Gasteiger partial charge in [0.2, 0.25) is 0 Å². The fourth-order valence-corrected chi connectivity index (χ4v) is 2.18. The van der Waals surface area contributed by atoms with E-state index in [2.05, 4.69) is 14.9 Å². The second kappa shape index (κ2) is 9.77. The Labute approximate surface area is 120 Å². The summed E-state index contributed by atoms with van der Waals surface area (Å²) >= 11 is -1.38. The number of hydrogen-bond donors (Lipinski definition) is 0. The monoisotopic (exact) mass is 315 g/mol. The maximum absolute atomic E-state index is 11.0. The second-order valence-electron chi connectivity index (χ2n) is 3.60. The van der Waals surface area contributed by atoms with Crippen molar-refractivity contribution in [2.24, 2.45) is 5.11 Å². The minimum absolute atomic E-state index is 0. The average molecular weight is 315 g/mol. The van der Waals surface area contributed by atoms with E-state index in [1.165, 1.54) is 13.4 Å². The average Bonchev–Trinajstić information content (AvgIpc) is 2.29. The van der Waals surface area contributed by atoms with Crippen LogP contribution in [0.4, 0.5) is 0 Å². The Morgan fingerprint density at radius 3 is 2.89 bits per heavy atom. The number of hydrogen-bond acceptors (Lipinski definition) is 6. The molecule has 3 atom stereocenters. The van der Waals surface area contributed by atoms with Gasteiger partial charge in [-0.2, -0.15) is 9.35 Å². The third-order valence-electron chi connectivity index (χ3n) is 2.43. The van der Waals surface area contributed by atoms with Crippen LogP contribution >= 0.6 is 0 Å². The summed E-state index contributed by atoms with van der Waals surface area (Å²) in [4.78, 5) is 12.2. The molecule has 1 aliphatic heterocycles. The van der Waals surface area contributed by atoms with Gasteiger partial charge in [-0.1, -0.05) is 5.11 Å².